The van der Waals surface area contributed by atoms with E-state index in [9.17, 15) is 4.79 Å². The van der Waals surface area contributed by atoms with Crippen LogP contribution in [0, 0.1) is 0 Å². The SMILES string of the molecule is Nc1nc(Cl)cc(NCC(=O)N2CCCCC2)n1. The van der Waals surface area contributed by atoms with Crippen molar-refractivity contribution in [3.05, 3.63) is 11.2 Å². The fourth-order valence-electron chi connectivity index (χ4n) is 1.95. The second-order valence-electron chi connectivity index (χ2n) is 4.23. The predicted octanol–water partition coefficient (Wildman–Crippen LogP) is 1.14. The summed E-state index contributed by atoms with van der Waals surface area (Å²) in [5.41, 5.74) is 5.47. The number of nitrogens with two attached hydrogens (primary N) is 1. The van der Waals surface area contributed by atoms with E-state index in [1.54, 1.807) is 6.07 Å². The Kier molecular flexibility index (Phi) is 4.19. The van der Waals surface area contributed by atoms with Crippen LogP contribution in [0.3, 0.4) is 0 Å². The van der Waals surface area contributed by atoms with Crippen LogP contribution in [-0.4, -0.2) is 40.4 Å². The van der Waals surface area contributed by atoms with E-state index in [1.807, 2.05) is 4.90 Å². The van der Waals surface area contributed by atoms with Crippen LogP contribution in [0.15, 0.2) is 6.07 Å². The lowest BCUT2D eigenvalue weighted by molar-refractivity contribution is -0.130. The smallest absolute Gasteiger partial charge is 0.241 e. The number of piperidine rings is 1. The van der Waals surface area contributed by atoms with Crippen molar-refractivity contribution in [1.29, 1.82) is 0 Å². The van der Waals surface area contributed by atoms with E-state index in [0.717, 1.165) is 25.9 Å². The Hall–Kier alpha value is -1.56. The Bertz CT molecular complexity index is 413. The van der Waals surface area contributed by atoms with Crippen LogP contribution in [-0.2, 0) is 4.79 Å². The predicted molar refractivity (Wildman–Crippen MR) is 70.4 cm³/mol. The van der Waals surface area contributed by atoms with Crippen molar-refractivity contribution in [3.63, 3.8) is 0 Å². The van der Waals surface area contributed by atoms with E-state index >= 15 is 0 Å². The lowest BCUT2D eigenvalue weighted by Crippen LogP contribution is -2.39. The van der Waals surface area contributed by atoms with Crippen molar-refractivity contribution < 1.29 is 4.79 Å². The lowest BCUT2D eigenvalue weighted by atomic mass is 10.1. The van der Waals surface area contributed by atoms with Crippen molar-refractivity contribution in [3.8, 4) is 0 Å². The van der Waals surface area contributed by atoms with Gasteiger partial charge in [0.25, 0.3) is 0 Å². The van der Waals surface area contributed by atoms with E-state index in [0.29, 0.717) is 5.82 Å². The number of halogens is 1. The molecule has 1 amide bonds. The first-order valence-electron chi connectivity index (χ1n) is 5.97. The number of rotatable bonds is 3. The molecule has 0 unspecified atom stereocenters. The fraction of sp³-hybridized carbons (Fsp3) is 0.545. The first kappa shape index (κ1) is 12.9. The van der Waals surface area contributed by atoms with Crippen LogP contribution in [0.2, 0.25) is 5.15 Å². The zero-order valence-corrected chi connectivity index (χ0v) is 10.8. The first-order chi connectivity index (χ1) is 8.65. The molecule has 0 aromatic carbocycles. The maximum absolute atomic E-state index is 11.9. The van der Waals surface area contributed by atoms with Crippen LogP contribution >= 0.6 is 11.6 Å². The van der Waals surface area contributed by atoms with Gasteiger partial charge in [-0.3, -0.25) is 4.79 Å². The molecule has 0 aliphatic carbocycles. The van der Waals surface area contributed by atoms with E-state index < -0.39 is 0 Å². The van der Waals surface area contributed by atoms with Crippen molar-refractivity contribution >= 4 is 29.3 Å². The number of hydrogen-bond acceptors (Lipinski definition) is 5. The highest BCUT2D eigenvalue weighted by atomic mass is 35.5. The molecule has 1 fully saturated rings. The topological polar surface area (TPSA) is 84.1 Å². The molecule has 98 valence electrons. The van der Waals surface area contributed by atoms with Gasteiger partial charge in [0.15, 0.2) is 0 Å². The fourth-order valence-corrected chi connectivity index (χ4v) is 2.14. The number of amides is 1. The van der Waals surface area contributed by atoms with Crippen LogP contribution < -0.4 is 11.1 Å². The van der Waals surface area contributed by atoms with Gasteiger partial charge in [0, 0.05) is 19.2 Å². The number of nitrogens with zero attached hydrogens (tertiary/aromatic N) is 3. The number of carbonyl (C=O) groups is 1. The zero-order chi connectivity index (χ0) is 13.0. The molecule has 3 N–H and O–H groups in total. The second-order valence-corrected chi connectivity index (χ2v) is 4.62. The lowest BCUT2D eigenvalue weighted by Gasteiger charge is -2.26. The van der Waals surface area contributed by atoms with Gasteiger partial charge in [-0.15, -0.1) is 0 Å². The van der Waals surface area contributed by atoms with Gasteiger partial charge in [-0.25, -0.2) is 4.98 Å². The van der Waals surface area contributed by atoms with E-state index in [1.165, 1.54) is 6.42 Å². The third kappa shape index (κ3) is 3.46. The van der Waals surface area contributed by atoms with Gasteiger partial charge in [0.05, 0.1) is 6.54 Å². The van der Waals surface area contributed by atoms with E-state index in [4.69, 9.17) is 17.3 Å². The minimum Gasteiger partial charge on any atom is -0.368 e. The van der Waals surface area contributed by atoms with E-state index in [-0.39, 0.29) is 23.6 Å². The number of hydrogen-bond donors (Lipinski definition) is 2. The summed E-state index contributed by atoms with van der Waals surface area (Å²) in [6.07, 6.45) is 3.37. The zero-order valence-electron chi connectivity index (χ0n) is 10.0. The molecule has 2 heterocycles. The van der Waals surface area contributed by atoms with Crippen molar-refractivity contribution in [2.75, 3.05) is 30.7 Å². The van der Waals surface area contributed by atoms with Gasteiger partial charge in [0.1, 0.15) is 11.0 Å². The van der Waals surface area contributed by atoms with Gasteiger partial charge >= 0.3 is 0 Å². The monoisotopic (exact) mass is 269 g/mol. The van der Waals surface area contributed by atoms with Gasteiger partial charge in [-0.1, -0.05) is 11.6 Å². The van der Waals surface area contributed by atoms with Gasteiger partial charge < -0.3 is 16.0 Å². The number of nitrogen functional groups attached to an aromatic ring is 1. The molecular formula is C11H16ClN5O. The molecule has 2 rings (SSSR count). The van der Waals surface area contributed by atoms with Crippen LogP contribution in [0.5, 0.6) is 0 Å². The molecule has 0 atom stereocenters. The molecule has 0 bridgehead atoms. The first-order valence-corrected chi connectivity index (χ1v) is 6.34. The normalized spacial score (nSPS) is 15.5. The number of nitrogens with one attached hydrogen (secondary N) is 1. The van der Waals surface area contributed by atoms with Gasteiger partial charge in [-0.2, -0.15) is 4.98 Å². The third-order valence-corrected chi connectivity index (χ3v) is 3.04. The largest absolute Gasteiger partial charge is 0.368 e. The highest BCUT2D eigenvalue weighted by Gasteiger charge is 2.16. The molecule has 18 heavy (non-hydrogen) atoms. The number of anilines is 2. The summed E-state index contributed by atoms with van der Waals surface area (Å²) < 4.78 is 0. The van der Waals surface area contributed by atoms with Crippen molar-refractivity contribution in [1.82, 2.24) is 14.9 Å². The Labute approximate surface area is 111 Å². The second kappa shape index (κ2) is 5.86. The van der Waals surface area contributed by atoms with E-state index in [2.05, 4.69) is 15.3 Å². The molecule has 0 radical (unpaired) electrons. The highest BCUT2D eigenvalue weighted by molar-refractivity contribution is 6.29. The molecule has 6 nitrogen and oxygen atoms in total. The van der Waals surface area contributed by atoms with Crippen LogP contribution in [0.4, 0.5) is 11.8 Å². The van der Waals surface area contributed by atoms with Crippen LogP contribution in [0.25, 0.3) is 0 Å². The molecule has 0 spiro atoms. The molecule has 1 aliphatic rings. The summed E-state index contributed by atoms with van der Waals surface area (Å²) in [5, 5.41) is 3.18. The number of likely N-dealkylation sites (tertiary alicyclic amines) is 1. The van der Waals surface area contributed by atoms with Gasteiger partial charge in [0.2, 0.25) is 11.9 Å². The average Bonchev–Trinajstić information content (AvgIpc) is 2.36. The molecule has 1 aromatic heterocycles. The Morgan fingerprint density at radius 1 is 1.39 bits per heavy atom. The Balaban J connectivity index is 1.88. The van der Waals surface area contributed by atoms with Crippen molar-refractivity contribution in [2.45, 2.75) is 19.3 Å². The molecule has 1 aliphatic heterocycles. The quantitative estimate of drug-likeness (QED) is 0.804. The average molecular weight is 270 g/mol. The summed E-state index contributed by atoms with van der Waals surface area (Å²) in [6, 6.07) is 1.54. The highest BCUT2D eigenvalue weighted by Crippen LogP contribution is 2.13. The van der Waals surface area contributed by atoms with Crippen molar-refractivity contribution in [2.24, 2.45) is 0 Å². The molecule has 0 saturated carbocycles. The maximum Gasteiger partial charge on any atom is 0.241 e. The Morgan fingerprint density at radius 3 is 2.78 bits per heavy atom. The number of aromatic nitrogens is 2. The minimum absolute atomic E-state index is 0.0722. The Morgan fingerprint density at radius 2 is 2.11 bits per heavy atom. The molecule has 1 saturated heterocycles. The number of carbonyl (C=O) groups excluding carboxylic acids is 1. The van der Waals surface area contributed by atoms with Gasteiger partial charge in [-0.05, 0) is 19.3 Å². The standard InChI is InChI=1S/C11H16ClN5O/c12-8-6-9(16-11(13)15-8)14-7-10(18)17-4-2-1-3-5-17/h6H,1-5,7H2,(H3,13,14,15,16). The molecule has 1 aromatic rings. The molecule has 7 heteroatoms. The summed E-state index contributed by atoms with van der Waals surface area (Å²) in [6.45, 7) is 1.88. The minimum atomic E-state index is 0.0722. The maximum atomic E-state index is 11.9. The summed E-state index contributed by atoms with van der Waals surface area (Å²) in [7, 11) is 0. The van der Waals surface area contributed by atoms with Crippen LogP contribution in [0.1, 0.15) is 19.3 Å². The molecular weight excluding hydrogens is 254 g/mol. The summed E-state index contributed by atoms with van der Waals surface area (Å²) in [4.78, 5) is 21.5. The summed E-state index contributed by atoms with van der Waals surface area (Å²) >= 11 is 5.75. The summed E-state index contributed by atoms with van der Waals surface area (Å²) in [5.74, 6) is 0.635. The third-order valence-electron chi connectivity index (χ3n) is 2.84.